The lowest BCUT2D eigenvalue weighted by molar-refractivity contribution is -0.176. The molecule has 0 bridgehead atoms. The molecule has 4 atom stereocenters. The Morgan fingerprint density at radius 2 is 1.89 bits per heavy atom. The molecule has 3 fully saturated rings. The fourth-order valence-corrected chi connectivity index (χ4v) is 4.88. The minimum Gasteiger partial charge on any atom is -0.434 e. The molecule has 4 amide bonds. The van der Waals surface area contributed by atoms with Gasteiger partial charge >= 0.3 is 5.97 Å². The second kappa shape index (κ2) is 9.53. The summed E-state index contributed by atoms with van der Waals surface area (Å²) in [5, 5.41) is 18.9. The maximum Gasteiger partial charge on any atom is 0.310 e. The second-order valence-electron chi connectivity index (χ2n) is 9.00. The second-order valence-corrected chi connectivity index (χ2v) is 9.00. The third kappa shape index (κ3) is 4.35. The fraction of sp³-hybridized carbons (Fsp3) is 0.417. The van der Waals surface area contributed by atoms with Crippen molar-refractivity contribution in [3.8, 4) is 0 Å². The Hall–Kier alpha value is -4.06. The van der Waals surface area contributed by atoms with E-state index >= 15 is 0 Å². The molecule has 0 saturated carbocycles. The minimum atomic E-state index is -1.48. The van der Waals surface area contributed by atoms with E-state index in [0.717, 1.165) is 10.4 Å². The van der Waals surface area contributed by atoms with Crippen LogP contribution in [-0.4, -0.2) is 80.7 Å². The number of fused-ring (bicyclic) bond motifs is 2. The minimum absolute atomic E-state index is 0.00811. The number of ether oxygens (including phenoxy) is 1. The highest BCUT2D eigenvalue weighted by molar-refractivity contribution is 6.06. The number of aliphatic hydroxyl groups is 1. The number of carbonyl (C=O) groups excluding carboxylic acids is 5. The Kier molecular flexibility index (Phi) is 6.27. The molecule has 2 aromatic rings. The standard InChI is InChI=1S/C24H25N5O7/c30-18-8-7-15(26-22(33)20-14-5-2-1-4-13(14)9-10-25-20)23(34)29-17(6-3-11-28(18)29)21(32)27-16-12-19(31)36-24(16)35/h1-2,4-5,9-10,15-17,24,35H,3,6-8,11-12H2,(H,26,33)(H,27,32)/t15?,16?,17-,24?/m0/s1. The number of carbonyl (C=O) groups is 5. The van der Waals surface area contributed by atoms with Gasteiger partial charge in [0.15, 0.2) is 0 Å². The van der Waals surface area contributed by atoms with Crippen molar-refractivity contribution >= 4 is 40.4 Å². The van der Waals surface area contributed by atoms with Crippen molar-refractivity contribution in [2.45, 2.75) is 56.5 Å². The Morgan fingerprint density at radius 3 is 2.67 bits per heavy atom. The largest absolute Gasteiger partial charge is 0.434 e. The zero-order valence-electron chi connectivity index (χ0n) is 19.3. The molecule has 1 aromatic heterocycles. The third-order valence-electron chi connectivity index (χ3n) is 6.67. The summed E-state index contributed by atoms with van der Waals surface area (Å²) in [4.78, 5) is 68.3. The van der Waals surface area contributed by atoms with Crippen molar-refractivity contribution in [3.05, 3.63) is 42.2 Å². The van der Waals surface area contributed by atoms with Crippen LogP contribution in [0.5, 0.6) is 0 Å². The van der Waals surface area contributed by atoms with E-state index in [-0.39, 0.29) is 43.8 Å². The average Bonchev–Trinajstić information content (AvgIpc) is 3.14. The van der Waals surface area contributed by atoms with Gasteiger partial charge in [0, 0.05) is 24.5 Å². The predicted molar refractivity (Wildman–Crippen MR) is 122 cm³/mol. The van der Waals surface area contributed by atoms with E-state index in [1.54, 1.807) is 18.2 Å². The Balaban J connectivity index is 1.38. The summed E-state index contributed by atoms with van der Waals surface area (Å²) in [6, 6.07) is 5.95. The first-order chi connectivity index (χ1) is 17.3. The van der Waals surface area contributed by atoms with Gasteiger partial charge in [0.1, 0.15) is 23.8 Å². The van der Waals surface area contributed by atoms with Crippen molar-refractivity contribution in [2.24, 2.45) is 0 Å². The van der Waals surface area contributed by atoms with Crippen LogP contribution in [0.2, 0.25) is 0 Å². The first-order valence-corrected chi connectivity index (χ1v) is 11.8. The number of hydrogen-bond donors (Lipinski definition) is 3. The molecule has 0 spiro atoms. The van der Waals surface area contributed by atoms with Crippen LogP contribution in [0.4, 0.5) is 0 Å². The van der Waals surface area contributed by atoms with Gasteiger partial charge in [-0.15, -0.1) is 0 Å². The molecule has 0 aliphatic carbocycles. The lowest BCUT2D eigenvalue weighted by Crippen LogP contribution is -2.64. The number of pyridine rings is 1. The summed E-state index contributed by atoms with van der Waals surface area (Å²) in [7, 11) is 0. The quantitative estimate of drug-likeness (QED) is 0.484. The number of amides is 4. The van der Waals surface area contributed by atoms with Crippen molar-refractivity contribution in [2.75, 3.05) is 6.54 Å². The monoisotopic (exact) mass is 495 g/mol. The normalized spacial score (nSPS) is 26.3. The molecule has 12 heteroatoms. The highest BCUT2D eigenvalue weighted by Crippen LogP contribution is 2.26. The number of benzene rings is 1. The Morgan fingerprint density at radius 1 is 1.08 bits per heavy atom. The molecule has 3 saturated heterocycles. The topological polar surface area (TPSA) is 158 Å². The van der Waals surface area contributed by atoms with Gasteiger partial charge in [-0.05, 0) is 30.7 Å². The lowest BCUT2D eigenvalue weighted by atomic mass is 10.0. The molecule has 4 heterocycles. The fourth-order valence-electron chi connectivity index (χ4n) is 4.88. The van der Waals surface area contributed by atoms with Crippen LogP contribution in [0.25, 0.3) is 10.8 Å². The van der Waals surface area contributed by atoms with Gasteiger partial charge < -0.3 is 20.5 Å². The van der Waals surface area contributed by atoms with Crippen molar-refractivity contribution in [1.29, 1.82) is 0 Å². The van der Waals surface area contributed by atoms with Gasteiger partial charge in [-0.3, -0.25) is 34.0 Å². The molecule has 36 heavy (non-hydrogen) atoms. The Labute approximate surface area is 205 Å². The van der Waals surface area contributed by atoms with Gasteiger partial charge in [-0.25, -0.2) is 5.01 Å². The van der Waals surface area contributed by atoms with Crippen LogP contribution in [0, 0.1) is 0 Å². The molecule has 3 N–H and O–H groups in total. The number of rotatable bonds is 4. The zero-order valence-corrected chi connectivity index (χ0v) is 19.3. The number of hydrazine groups is 1. The van der Waals surface area contributed by atoms with Crippen LogP contribution < -0.4 is 10.6 Å². The van der Waals surface area contributed by atoms with Crippen molar-refractivity contribution in [1.82, 2.24) is 25.6 Å². The molecule has 0 radical (unpaired) electrons. The van der Waals surface area contributed by atoms with Gasteiger partial charge in [-0.1, -0.05) is 24.3 Å². The summed E-state index contributed by atoms with van der Waals surface area (Å²) in [5.41, 5.74) is 0.154. The first-order valence-electron chi connectivity index (χ1n) is 11.8. The number of aromatic nitrogens is 1. The number of hydrogen-bond acceptors (Lipinski definition) is 8. The SMILES string of the molecule is O=C1CC(NC(=O)[C@@H]2CCCN3C(=O)CCC(NC(=O)c4nccc5ccccc45)C(=O)N23)C(O)O1. The molecule has 3 unspecified atom stereocenters. The van der Waals surface area contributed by atoms with Crippen molar-refractivity contribution < 1.29 is 33.8 Å². The smallest absolute Gasteiger partial charge is 0.310 e. The summed E-state index contributed by atoms with van der Waals surface area (Å²) in [6.45, 7) is 0.257. The molecule has 5 rings (SSSR count). The number of aliphatic hydroxyl groups excluding tert-OH is 1. The third-order valence-corrected chi connectivity index (χ3v) is 6.67. The van der Waals surface area contributed by atoms with E-state index in [0.29, 0.717) is 11.8 Å². The van der Waals surface area contributed by atoms with Crippen LogP contribution in [-0.2, 0) is 23.9 Å². The summed E-state index contributed by atoms with van der Waals surface area (Å²) >= 11 is 0. The van der Waals surface area contributed by atoms with Crippen LogP contribution in [0.15, 0.2) is 36.5 Å². The lowest BCUT2D eigenvalue weighted by Gasteiger charge is -2.43. The Bertz CT molecular complexity index is 1250. The van der Waals surface area contributed by atoms with E-state index in [1.807, 2.05) is 12.1 Å². The first kappa shape index (κ1) is 23.7. The predicted octanol–water partition coefficient (Wildman–Crippen LogP) is -0.388. The van der Waals surface area contributed by atoms with Crippen molar-refractivity contribution in [3.63, 3.8) is 0 Å². The van der Waals surface area contributed by atoms with E-state index < -0.39 is 48.1 Å². The molecule has 188 valence electrons. The van der Waals surface area contributed by atoms with Gasteiger partial charge in [0.2, 0.25) is 18.1 Å². The number of esters is 1. The summed E-state index contributed by atoms with van der Waals surface area (Å²) < 4.78 is 4.66. The van der Waals surface area contributed by atoms with Gasteiger partial charge in [0.05, 0.1) is 6.42 Å². The van der Waals surface area contributed by atoms with E-state index in [1.165, 1.54) is 11.2 Å². The van der Waals surface area contributed by atoms with Gasteiger partial charge in [0.25, 0.3) is 11.8 Å². The van der Waals surface area contributed by atoms with Crippen LogP contribution in [0.3, 0.4) is 0 Å². The summed E-state index contributed by atoms with van der Waals surface area (Å²) in [5.74, 6) is -2.75. The van der Waals surface area contributed by atoms with Gasteiger partial charge in [-0.2, -0.15) is 0 Å². The molecule has 3 aliphatic rings. The van der Waals surface area contributed by atoms with Crippen LogP contribution in [0.1, 0.15) is 42.6 Å². The summed E-state index contributed by atoms with van der Waals surface area (Å²) in [6.07, 6.45) is 0.648. The molecule has 1 aromatic carbocycles. The number of cyclic esters (lactones) is 1. The number of nitrogens with zero attached hydrogens (tertiary/aromatic N) is 3. The molecule has 12 nitrogen and oxygen atoms in total. The van der Waals surface area contributed by atoms with E-state index in [4.69, 9.17) is 0 Å². The van der Waals surface area contributed by atoms with E-state index in [9.17, 15) is 29.1 Å². The molecular weight excluding hydrogens is 470 g/mol. The number of nitrogens with one attached hydrogen (secondary N) is 2. The molecular formula is C24H25N5O7. The maximum absolute atomic E-state index is 13.6. The highest BCUT2D eigenvalue weighted by atomic mass is 16.6. The van der Waals surface area contributed by atoms with Crippen LogP contribution >= 0.6 is 0 Å². The highest BCUT2D eigenvalue weighted by Gasteiger charge is 2.46. The maximum atomic E-state index is 13.6. The molecule has 3 aliphatic heterocycles. The average molecular weight is 495 g/mol. The van der Waals surface area contributed by atoms with E-state index in [2.05, 4.69) is 20.4 Å². The zero-order chi connectivity index (χ0) is 25.4.